The molecule has 1 aliphatic rings. The molecule has 0 amide bonds. The van der Waals surface area contributed by atoms with Crippen molar-refractivity contribution in [3.8, 4) is 17.4 Å². The normalized spacial score (nSPS) is 17.0. The summed E-state index contributed by atoms with van der Waals surface area (Å²) in [6.45, 7) is 4.00. The molecule has 3 aromatic heterocycles. The molecule has 6 nitrogen and oxygen atoms in total. The Morgan fingerprint density at radius 1 is 0.682 bits per heavy atom. The molecule has 0 N–H and O–H groups in total. The number of rotatable bonds is 4. The first-order valence-corrected chi connectivity index (χ1v) is 16.3. The van der Waals surface area contributed by atoms with Crippen molar-refractivity contribution in [2.75, 3.05) is 0 Å². The Hall–Kier alpha value is -5.06. The molecule has 7 aromatic rings. The van der Waals surface area contributed by atoms with Crippen molar-refractivity contribution in [3.63, 3.8) is 0 Å². The largest absolute Gasteiger partial charge is 0.293 e. The molecule has 1 aliphatic carbocycles. The van der Waals surface area contributed by atoms with Crippen LogP contribution >= 0.6 is 0 Å². The average molecular weight is 594 g/mol. The average Bonchev–Trinajstić information content (AvgIpc) is 3.60. The zero-order chi connectivity index (χ0) is 30.2. The Bertz CT molecular complexity index is 2240. The van der Waals surface area contributed by atoms with E-state index in [-0.39, 0.29) is 11.2 Å². The number of allylic oxidation sites excluding steroid dienone is 1. The van der Waals surface area contributed by atoms with Gasteiger partial charge in [0.25, 0.3) is 0 Å². The van der Waals surface area contributed by atoms with Gasteiger partial charge in [0.1, 0.15) is 11.0 Å². The zero-order valence-corrected chi connectivity index (χ0v) is 25.4. The van der Waals surface area contributed by atoms with E-state index in [9.17, 15) is 9.47 Å². The first-order chi connectivity index (χ1) is 21.7. The van der Waals surface area contributed by atoms with Crippen LogP contribution < -0.4 is 0 Å². The van der Waals surface area contributed by atoms with Crippen LogP contribution in [0, 0.1) is 17.2 Å². The van der Waals surface area contributed by atoms with Gasteiger partial charge in [-0.3, -0.25) is 13.3 Å². The number of nitriles is 1. The Morgan fingerprint density at radius 2 is 1.20 bits per heavy atom. The van der Waals surface area contributed by atoms with E-state index < -0.39 is 10.8 Å². The molecule has 0 bridgehead atoms. The molecule has 0 radical (unpaired) electrons. The minimum Gasteiger partial charge on any atom is -0.293 e. The fourth-order valence-corrected chi connectivity index (χ4v) is 7.48. The molecule has 3 heterocycles. The van der Waals surface area contributed by atoms with Crippen molar-refractivity contribution in [1.82, 2.24) is 19.1 Å². The number of benzene rings is 4. The van der Waals surface area contributed by atoms with Crippen molar-refractivity contribution in [2.24, 2.45) is 5.92 Å². The molecule has 3 atom stereocenters. The van der Waals surface area contributed by atoms with Crippen LogP contribution in [0.15, 0.2) is 120 Å². The van der Waals surface area contributed by atoms with Crippen molar-refractivity contribution in [2.45, 2.75) is 36.8 Å². The summed E-state index contributed by atoms with van der Waals surface area (Å²) in [5.41, 5.74) is 7.35. The maximum absolute atomic E-state index is 13.4. The second kappa shape index (κ2) is 11.6. The predicted molar refractivity (Wildman–Crippen MR) is 180 cm³/mol. The van der Waals surface area contributed by atoms with E-state index in [1.807, 2.05) is 92.7 Å². The van der Waals surface area contributed by atoms with Gasteiger partial charge in [-0.1, -0.05) is 80.6 Å². The smallest absolute Gasteiger partial charge is 0.165 e. The van der Waals surface area contributed by atoms with Crippen LogP contribution in [0.4, 0.5) is 0 Å². The molecule has 216 valence electrons. The first kappa shape index (κ1) is 27.8. The summed E-state index contributed by atoms with van der Waals surface area (Å²) in [6.07, 6.45) is 5.34. The molecule has 0 fully saturated rings. The maximum Gasteiger partial charge on any atom is 0.165 e. The number of hydrogen-bond donors (Lipinski definition) is 0. The topological polar surface area (TPSA) is 76.5 Å². The third-order valence-corrected chi connectivity index (χ3v) is 9.87. The van der Waals surface area contributed by atoms with E-state index in [2.05, 4.69) is 51.6 Å². The van der Waals surface area contributed by atoms with Crippen LogP contribution in [0.1, 0.15) is 26.7 Å². The summed E-state index contributed by atoms with van der Waals surface area (Å²) in [6, 6.07) is 37.1. The number of hydrogen-bond acceptors (Lipinski definition) is 4. The van der Waals surface area contributed by atoms with Crippen molar-refractivity contribution >= 4 is 54.9 Å². The van der Waals surface area contributed by atoms with Crippen LogP contribution in [0.3, 0.4) is 0 Å². The van der Waals surface area contributed by atoms with Gasteiger partial charge in [0.2, 0.25) is 0 Å². The van der Waals surface area contributed by atoms with Crippen LogP contribution in [0.2, 0.25) is 0 Å². The third kappa shape index (κ3) is 4.50. The summed E-state index contributed by atoms with van der Waals surface area (Å²) < 4.78 is 17.7. The quantitative estimate of drug-likeness (QED) is 0.191. The van der Waals surface area contributed by atoms with E-state index in [1.165, 1.54) is 0 Å². The molecule has 0 saturated heterocycles. The number of fused-ring (bicyclic) bond motifs is 6. The monoisotopic (exact) mass is 593 g/mol. The van der Waals surface area contributed by atoms with E-state index in [0.717, 1.165) is 73.2 Å². The van der Waals surface area contributed by atoms with Crippen LogP contribution in [0.5, 0.6) is 0 Å². The van der Waals surface area contributed by atoms with Crippen molar-refractivity contribution < 1.29 is 4.21 Å². The van der Waals surface area contributed by atoms with Crippen LogP contribution in [-0.4, -0.2) is 28.6 Å². The van der Waals surface area contributed by atoms with Gasteiger partial charge >= 0.3 is 0 Å². The third-order valence-electron chi connectivity index (χ3n) is 8.19. The molecule has 3 unspecified atom stereocenters. The lowest BCUT2D eigenvalue weighted by Gasteiger charge is -2.18. The second-order valence-corrected chi connectivity index (χ2v) is 12.3. The Kier molecular flexibility index (Phi) is 7.29. The van der Waals surface area contributed by atoms with E-state index >= 15 is 0 Å². The lowest BCUT2D eigenvalue weighted by Crippen LogP contribution is -2.18. The van der Waals surface area contributed by atoms with Gasteiger partial charge in [0.15, 0.2) is 11.3 Å². The van der Waals surface area contributed by atoms with Crippen molar-refractivity contribution in [1.29, 1.82) is 5.26 Å². The molecule has 0 aliphatic heterocycles. The van der Waals surface area contributed by atoms with Gasteiger partial charge in [0.05, 0.1) is 39.1 Å². The van der Waals surface area contributed by atoms with E-state index in [0.29, 0.717) is 0 Å². The molecule has 0 saturated carbocycles. The molecule has 4 aromatic carbocycles. The Balaban J connectivity index is 0.00000153. The Morgan fingerprint density at radius 3 is 1.73 bits per heavy atom. The van der Waals surface area contributed by atoms with Gasteiger partial charge in [-0.05, 0) is 61.4 Å². The lowest BCUT2D eigenvalue weighted by molar-refractivity contribution is 0.624. The van der Waals surface area contributed by atoms with Gasteiger partial charge in [-0.15, -0.1) is 0 Å². The number of para-hydroxylation sites is 3. The second-order valence-electron chi connectivity index (χ2n) is 10.6. The summed E-state index contributed by atoms with van der Waals surface area (Å²) in [4.78, 5) is 11.4. The highest BCUT2D eigenvalue weighted by Crippen LogP contribution is 2.36. The Labute approximate surface area is 258 Å². The predicted octanol–water partition coefficient (Wildman–Crippen LogP) is 8.66. The molecular weight excluding hydrogens is 563 g/mol. The van der Waals surface area contributed by atoms with Gasteiger partial charge in [0, 0.05) is 27.0 Å². The maximum atomic E-state index is 13.4. The molecule has 0 spiro atoms. The minimum atomic E-state index is -1.18. The highest BCUT2D eigenvalue weighted by molar-refractivity contribution is 7.85. The summed E-state index contributed by atoms with van der Waals surface area (Å²) in [5.74, 6) is -0.0785. The van der Waals surface area contributed by atoms with Crippen LogP contribution in [0.25, 0.3) is 55.5 Å². The number of nitrogens with zero attached hydrogens (tertiary/aromatic N) is 5. The molecule has 8 rings (SSSR count). The SMILES string of the molecule is CC.N#CC1C=CC(S(=O)c2ccc(-n3c4ccccc4c4nc5c(nc43)c3ccccc3n5-c3ccccc3)cc2)CC1. The van der Waals surface area contributed by atoms with Gasteiger partial charge < -0.3 is 0 Å². The number of aromatic nitrogens is 4. The summed E-state index contributed by atoms with van der Waals surface area (Å²) in [7, 11) is -1.18. The molecular formula is C37H31N5OS. The zero-order valence-electron chi connectivity index (χ0n) is 24.6. The first-order valence-electron chi connectivity index (χ1n) is 15.1. The highest BCUT2D eigenvalue weighted by atomic mass is 32.2. The molecule has 7 heteroatoms. The summed E-state index contributed by atoms with van der Waals surface area (Å²) in [5, 5.41) is 11.2. The lowest BCUT2D eigenvalue weighted by atomic mass is 9.97. The van der Waals surface area contributed by atoms with Gasteiger partial charge in [-0.2, -0.15) is 5.26 Å². The van der Waals surface area contributed by atoms with Crippen molar-refractivity contribution in [3.05, 3.63) is 115 Å². The van der Waals surface area contributed by atoms with Crippen LogP contribution in [-0.2, 0) is 10.8 Å². The minimum absolute atomic E-state index is 0.0743. The van der Waals surface area contributed by atoms with Gasteiger partial charge in [-0.25, -0.2) is 9.97 Å². The highest BCUT2D eigenvalue weighted by Gasteiger charge is 2.23. The summed E-state index contributed by atoms with van der Waals surface area (Å²) >= 11 is 0. The fraction of sp³-hybridized carbons (Fsp3) is 0.162. The van der Waals surface area contributed by atoms with E-state index in [4.69, 9.17) is 9.97 Å². The van der Waals surface area contributed by atoms with E-state index in [1.54, 1.807) is 0 Å². The fourth-order valence-electron chi connectivity index (χ4n) is 6.14. The standard InChI is InChI=1S/C35H25N5OS.C2H6/c36-22-23-14-18-26(19-15-23)42(41)27-20-16-25(17-21-27)40-31-13-7-5-11-29(31)33-35(40)38-32-28-10-4-6-12-30(28)39(34(32)37-33)24-8-2-1-3-9-24;1-2/h1-14,16-18,20-21,23,26H,15,19H2;1-2H3. The molecule has 44 heavy (non-hydrogen) atoms.